The molecule has 0 bridgehead atoms. The number of aryl methyl sites for hydroxylation is 2. The highest BCUT2D eigenvalue weighted by Crippen LogP contribution is 2.36. The van der Waals surface area contributed by atoms with E-state index in [4.69, 9.17) is 23.2 Å². The smallest absolute Gasteiger partial charge is 0.166 e. The van der Waals surface area contributed by atoms with Crippen LogP contribution < -0.4 is 0 Å². The van der Waals surface area contributed by atoms with Crippen molar-refractivity contribution in [3.8, 4) is 0 Å². The zero-order chi connectivity index (χ0) is 15.8. The third-order valence-electron chi connectivity index (χ3n) is 3.33. The molecule has 0 saturated carbocycles. The van der Waals surface area contributed by atoms with Gasteiger partial charge in [0.25, 0.3) is 0 Å². The Hall–Kier alpha value is -1.19. The first-order chi connectivity index (χ1) is 9.70. The van der Waals surface area contributed by atoms with E-state index in [0.717, 1.165) is 28.8 Å². The van der Waals surface area contributed by atoms with Gasteiger partial charge in [-0.2, -0.15) is 13.2 Å². The second kappa shape index (κ2) is 5.90. The van der Waals surface area contributed by atoms with Gasteiger partial charge in [-0.1, -0.05) is 29.8 Å². The van der Waals surface area contributed by atoms with Crippen LogP contribution in [0.2, 0.25) is 5.02 Å². The van der Waals surface area contributed by atoms with E-state index in [1.165, 1.54) is 6.07 Å². The highest BCUT2D eigenvalue weighted by Gasteiger charge is 2.31. The second-order valence-corrected chi connectivity index (χ2v) is 5.79. The van der Waals surface area contributed by atoms with Gasteiger partial charge in [0.1, 0.15) is 0 Å². The molecule has 0 amide bonds. The summed E-state index contributed by atoms with van der Waals surface area (Å²) in [5, 5.41) is -0.0348. The number of hydrogen-bond donors (Lipinski definition) is 0. The normalized spacial score (nSPS) is 13.3. The zero-order valence-electron chi connectivity index (χ0n) is 11.4. The standard InChI is InChI=1S/C16H13Cl2F3/c1-9-7-14(17)10(2)6-13(9)15(18)11-4-3-5-12(8-11)16(19,20)21/h3-8,15H,1-2H3. The van der Waals surface area contributed by atoms with E-state index in [2.05, 4.69) is 0 Å². The predicted octanol–water partition coefficient (Wildman–Crippen LogP) is 6.30. The van der Waals surface area contributed by atoms with Gasteiger partial charge in [-0.25, -0.2) is 0 Å². The van der Waals surface area contributed by atoms with Gasteiger partial charge in [0.05, 0.1) is 10.9 Å². The van der Waals surface area contributed by atoms with Crippen molar-refractivity contribution >= 4 is 23.2 Å². The van der Waals surface area contributed by atoms with Crippen molar-refractivity contribution in [3.63, 3.8) is 0 Å². The Bertz CT molecular complexity index is 663. The Morgan fingerprint density at radius 2 is 1.67 bits per heavy atom. The molecule has 0 aliphatic rings. The molecule has 0 aliphatic carbocycles. The summed E-state index contributed by atoms with van der Waals surface area (Å²) in [4.78, 5) is 0. The van der Waals surface area contributed by atoms with Crippen LogP contribution in [0.4, 0.5) is 13.2 Å². The van der Waals surface area contributed by atoms with Crippen molar-refractivity contribution in [1.29, 1.82) is 0 Å². The van der Waals surface area contributed by atoms with Gasteiger partial charge in [0, 0.05) is 5.02 Å². The van der Waals surface area contributed by atoms with Gasteiger partial charge in [-0.3, -0.25) is 0 Å². The first-order valence-corrected chi connectivity index (χ1v) is 7.09. The second-order valence-electron chi connectivity index (χ2n) is 4.94. The van der Waals surface area contributed by atoms with Crippen LogP contribution in [-0.4, -0.2) is 0 Å². The molecule has 0 radical (unpaired) electrons. The summed E-state index contributed by atoms with van der Waals surface area (Å²) in [6.45, 7) is 3.67. The summed E-state index contributed by atoms with van der Waals surface area (Å²) in [6.07, 6.45) is -4.38. The molecule has 5 heteroatoms. The molecular weight excluding hydrogens is 320 g/mol. The van der Waals surface area contributed by atoms with Gasteiger partial charge >= 0.3 is 6.18 Å². The number of alkyl halides is 4. The van der Waals surface area contributed by atoms with Crippen molar-refractivity contribution < 1.29 is 13.2 Å². The molecule has 0 saturated heterocycles. The van der Waals surface area contributed by atoms with E-state index in [9.17, 15) is 13.2 Å². The summed E-state index contributed by atoms with van der Waals surface area (Å²) in [5.74, 6) is 0. The van der Waals surface area contributed by atoms with Crippen molar-refractivity contribution in [1.82, 2.24) is 0 Å². The largest absolute Gasteiger partial charge is 0.416 e. The van der Waals surface area contributed by atoms with Gasteiger partial charge < -0.3 is 0 Å². The van der Waals surface area contributed by atoms with Gasteiger partial charge in [0.15, 0.2) is 0 Å². The van der Waals surface area contributed by atoms with E-state index < -0.39 is 17.1 Å². The predicted molar refractivity (Wildman–Crippen MR) is 80.1 cm³/mol. The Kier molecular flexibility index (Phi) is 4.54. The lowest BCUT2D eigenvalue weighted by Crippen LogP contribution is -2.06. The van der Waals surface area contributed by atoms with Gasteiger partial charge in [0.2, 0.25) is 0 Å². The number of halogens is 5. The molecule has 2 rings (SSSR count). The van der Waals surface area contributed by atoms with Crippen LogP contribution in [0.25, 0.3) is 0 Å². The molecular formula is C16H13Cl2F3. The summed E-state index contributed by atoms with van der Waals surface area (Å²) < 4.78 is 38.3. The fourth-order valence-corrected chi connectivity index (χ4v) is 2.72. The molecule has 112 valence electrons. The third kappa shape index (κ3) is 3.53. The molecule has 0 aromatic heterocycles. The molecule has 1 atom stereocenters. The minimum Gasteiger partial charge on any atom is -0.166 e. The Labute approximate surface area is 131 Å². The fourth-order valence-electron chi connectivity index (χ4n) is 2.13. The maximum absolute atomic E-state index is 12.8. The van der Waals surface area contributed by atoms with E-state index in [1.54, 1.807) is 12.1 Å². The van der Waals surface area contributed by atoms with E-state index in [-0.39, 0.29) is 0 Å². The molecule has 0 spiro atoms. The molecule has 0 fully saturated rings. The van der Waals surface area contributed by atoms with Gasteiger partial charge in [-0.05, 0) is 54.3 Å². The number of rotatable bonds is 2. The molecule has 0 N–H and O–H groups in total. The Morgan fingerprint density at radius 3 is 2.29 bits per heavy atom. The van der Waals surface area contributed by atoms with Crippen molar-refractivity contribution in [2.24, 2.45) is 0 Å². The molecule has 1 unspecified atom stereocenters. The average Bonchev–Trinajstić information content (AvgIpc) is 2.41. The SMILES string of the molecule is Cc1cc(C(Cl)c2cccc(C(F)(F)F)c2)c(C)cc1Cl. The van der Waals surface area contributed by atoms with Crippen LogP contribution in [0.1, 0.15) is 33.2 Å². The lowest BCUT2D eigenvalue weighted by molar-refractivity contribution is -0.137. The molecule has 2 aromatic rings. The van der Waals surface area contributed by atoms with Crippen LogP contribution in [-0.2, 0) is 6.18 Å². The summed E-state index contributed by atoms with van der Waals surface area (Å²) >= 11 is 12.4. The van der Waals surface area contributed by atoms with Crippen LogP contribution >= 0.6 is 23.2 Å². The summed E-state index contributed by atoms with van der Waals surface area (Å²) in [5.41, 5.74) is 2.17. The highest BCUT2D eigenvalue weighted by atomic mass is 35.5. The fraction of sp³-hybridized carbons (Fsp3) is 0.250. The Balaban J connectivity index is 2.45. The topological polar surface area (TPSA) is 0 Å². The van der Waals surface area contributed by atoms with Crippen LogP contribution in [0, 0.1) is 13.8 Å². The average molecular weight is 333 g/mol. The molecule has 0 heterocycles. The summed E-state index contributed by atoms with van der Waals surface area (Å²) in [7, 11) is 0. The lowest BCUT2D eigenvalue weighted by atomic mass is 9.97. The zero-order valence-corrected chi connectivity index (χ0v) is 12.9. The van der Waals surface area contributed by atoms with E-state index >= 15 is 0 Å². The third-order valence-corrected chi connectivity index (χ3v) is 4.22. The van der Waals surface area contributed by atoms with E-state index in [1.807, 2.05) is 19.9 Å². The minimum atomic E-state index is -4.38. The summed E-state index contributed by atoms with van der Waals surface area (Å²) in [6, 6.07) is 8.67. The molecule has 0 nitrogen and oxygen atoms in total. The van der Waals surface area contributed by atoms with Crippen molar-refractivity contribution in [2.75, 3.05) is 0 Å². The van der Waals surface area contributed by atoms with Crippen molar-refractivity contribution in [3.05, 3.63) is 69.2 Å². The maximum atomic E-state index is 12.8. The van der Waals surface area contributed by atoms with Gasteiger partial charge in [-0.15, -0.1) is 11.6 Å². The lowest BCUT2D eigenvalue weighted by Gasteiger charge is -2.16. The number of benzene rings is 2. The highest BCUT2D eigenvalue weighted by molar-refractivity contribution is 6.31. The van der Waals surface area contributed by atoms with Crippen LogP contribution in [0.5, 0.6) is 0 Å². The maximum Gasteiger partial charge on any atom is 0.416 e. The molecule has 2 aromatic carbocycles. The van der Waals surface area contributed by atoms with Crippen LogP contribution in [0.15, 0.2) is 36.4 Å². The first kappa shape index (κ1) is 16.2. The van der Waals surface area contributed by atoms with E-state index in [0.29, 0.717) is 10.6 Å². The van der Waals surface area contributed by atoms with Crippen LogP contribution in [0.3, 0.4) is 0 Å². The first-order valence-electron chi connectivity index (χ1n) is 6.28. The van der Waals surface area contributed by atoms with Crippen molar-refractivity contribution in [2.45, 2.75) is 25.4 Å². The number of hydrogen-bond acceptors (Lipinski definition) is 0. The quantitative estimate of drug-likeness (QED) is 0.566. The molecule has 0 aliphatic heterocycles. The monoisotopic (exact) mass is 332 g/mol. The Morgan fingerprint density at radius 1 is 1.00 bits per heavy atom. The minimum absolute atomic E-state index is 0.413. The molecule has 21 heavy (non-hydrogen) atoms.